The van der Waals surface area contributed by atoms with Crippen molar-refractivity contribution >= 4 is 34.7 Å². The lowest BCUT2D eigenvalue weighted by Gasteiger charge is -2.23. The van der Waals surface area contributed by atoms with Crippen LogP contribution < -0.4 is 5.32 Å². The molecule has 4 rings (SSSR count). The topological polar surface area (TPSA) is 75.2 Å². The number of carbonyl (C=O) groups excluding carboxylic acids is 2. The second-order valence-corrected chi connectivity index (χ2v) is 8.16. The van der Waals surface area contributed by atoms with E-state index in [9.17, 15) is 9.59 Å². The number of carbonyl (C=O) groups is 2. The van der Waals surface area contributed by atoms with E-state index in [1.165, 1.54) is 11.3 Å². The van der Waals surface area contributed by atoms with E-state index in [0.717, 1.165) is 53.5 Å². The average Bonchev–Trinajstić information content (AvgIpc) is 3.01. The minimum atomic E-state index is 0.00221. The molecule has 8 heteroatoms. The molecule has 0 radical (unpaired) electrons. The van der Waals surface area contributed by atoms with Gasteiger partial charge in [-0.3, -0.25) is 9.59 Å². The Morgan fingerprint density at radius 1 is 1.29 bits per heavy atom. The van der Waals surface area contributed by atoms with Crippen LogP contribution in [0.5, 0.6) is 0 Å². The summed E-state index contributed by atoms with van der Waals surface area (Å²) in [7, 11) is 0. The summed E-state index contributed by atoms with van der Waals surface area (Å²) in [5.41, 5.74) is 0.686. The lowest BCUT2D eigenvalue weighted by molar-refractivity contribution is 0.0741. The zero-order valence-electron chi connectivity index (χ0n) is 13.3. The molecule has 126 valence electrons. The van der Waals surface area contributed by atoms with E-state index in [2.05, 4.69) is 14.9 Å². The smallest absolute Gasteiger partial charge is 0.268 e. The molecule has 1 N–H and O–H groups in total. The van der Waals surface area contributed by atoms with Crippen LogP contribution in [-0.2, 0) is 0 Å². The van der Waals surface area contributed by atoms with E-state index < -0.39 is 0 Å². The van der Waals surface area contributed by atoms with Crippen LogP contribution in [0, 0.1) is 6.92 Å². The summed E-state index contributed by atoms with van der Waals surface area (Å²) in [5.74, 6) is 0.00880. The van der Waals surface area contributed by atoms with Gasteiger partial charge in [-0.15, -0.1) is 16.4 Å². The number of aromatic nitrogens is 2. The van der Waals surface area contributed by atoms with Crippen LogP contribution in [0.3, 0.4) is 0 Å². The van der Waals surface area contributed by atoms with Crippen molar-refractivity contribution in [2.24, 2.45) is 0 Å². The Kier molecular flexibility index (Phi) is 4.09. The van der Waals surface area contributed by atoms with Crippen LogP contribution >= 0.6 is 22.9 Å². The molecule has 2 fully saturated rings. The van der Waals surface area contributed by atoms with Gasteiger partial charge in [0.05, 0.1) is 16.6 Å². The zero-order chi connectivity index (χ0) is 16.7. The summed E-state index contributed by atoms with van der Waals surface area (Å²) < 4.78 is 3.87. The van der Waals surface area contributed by atoms with Gasteiger partial charge in [0.1, 0.15) is 4.88 Å². The molecule has 1 saturated carbocycles. The molecule has 3 heterocycles. The summed E-state index contributed by atoms with van der Waals surface area (Å²) in [4.78, 5) is 29.3. The molecule has 6 nitrogen and oxygen atoms in total. The van der Waals surface area contributed by atoms with Gasteiger partial charge in [0, 0.05) is 17.5 Å². The molecule has 0 unspecified atom stereocenters. The van der Waals surface area contributed by atoms with E-state index in [1.54, 1.807) is 0 Å². The highest BCUT2D eigenvalue weighted by Gasteiger charge is 2.34. The number of amides is 2. The van der Waals surface area contributed by atoms with Gasteiger partial charge in [0.25, 0.3) is 11.8 Å². The zero-order valence-corrected chi connectivity index (χ0v) is 15.0. The number of aryl methyl sites for hydroxylation is 1. The van der Waals surface area contributed by atoms with E-state index in [0.29, 0.717) is 16.6 Å². The largest absolute Gasteiger partial charge is 0.349 e. The van der Waals surface area contributed by atoms with Gasteiger partial charge in [-0.05, 0) is 56.3 Å². The first-order valence-corrected chi connectivity index (χ1v) is 9.73. The lowest BCUT2D eigenvalue weighted by Crippen LogP contribution is -2.30. The van der Waals surface area contributed by atoms with Crippen molar-refractivity contribution in [3.8, 4) is 0 Å². The molecular formula is C16H18N4O2S2. The lowest BCUT2D eigenvalue weighted by atomic mass is 10.2. The van der Waals surface area contributed by atoms with Gasteiger partial charge in [0.15, 0.2) is 0 Å². The third-order valence-corrected chi connectivity index (χ3v) is 6.45. The summed E-state index contributed by atoms with van der Waals surface area (Å²) in [6, 6.07) is 4.26. The van der Waals surface area contributed by atoms with Gasteiger partial charge in [-0.25, -0.2) is 0 Å². The summed E-state index contributed by atoms with van der Waals surface area (Å²) >= 11 is 2.65. The highest BCUT2D eigenvalue weighted by atomic mass is 32.1. The molecule has 1 saturated heterocycles. The number of thiophene rings is 1. The Hall–Kier alpha value is -1.80. The minimum Gasteiger partial charge on any atom is -0.349 e. The fraction of sp³-hybridized carbons (Fsp3) is 0.500. The minimum absolute atomic E-state index is 0.00221. The number of likely N-dealkylation sites (tertiary alicyclic amines) is 1. The molecule has 2 aromatic rings. The quantitative estimate of drug-likeness (QED) is 0.907. The van der Waals surface area contributed by atoms with E-state index in [-0.39, 0.29) is 17.9 Å². The Labute approximate surface area is 148 Å². The van der Waals surface area contributed by atoms with Crippen molar-refractivity contribution < 1.29 is 9.59 Å². The molecule has 2 amide bonds. The van der Waals surface area contributed by atoms with Crippen LogP contribution in [0.15, 0.2) is 12.1 Å². The number of nitrogens with one attached hydrogen (secondary N) is 1. The van der Waals surface area contributed by atoms with Crippen molar-refractivity contribution in [1.29, 1.82) is 0 Å². The SMILES string of the molecule is Cc1nnsc1C(=O)N1CCC[C@H]1c1ccc(C(=O)NC2CC2)s1. The number of hydrogen-bond acceptors (Lipinski definition) is 6. The first-order valence-electron chi connectivity index (χ1n) is 8.14. The molecule has 2 aromatic heterocycles. The van der Waals surface area contributed by atoms with Crippen molar-refractivity contribution in [2.75, 3.05) is 6.54 Å². The van der Waals surface area contributed by atoms with Crippen molar-refractivity contribution in [3.63, 3.8) is 0 Å². The van der Waals surface area contributed by atoms with E-state index in [1.807, 2.05) is 24.0 Å². The third kappa shape index (κ3) is 2.95. The Morgan fingerprint density at radius 3 is 2.83 bits per heavy atom. The molecule has 0 aromatic carbocycles. The first kappa shape index (κ1) is 15.7. The standard InChI is InChI=1S/C16H18N4O2S2/c1-9-14(24-19-18-9)16(22)20-8-2-3-11(20)12-6-7-13(23-12)15(21)17-10-4-5-10/h6-7,10-11H,2-5,8H2,1H3,(H,17,21)/t11-/m0/s1. The van der Waals surface area contributed by atoms with Gasteiger partial charge in [0.2, 0.25) is 0 Å². The highest BCUT2D eigenvalue weighted by Crippen LogP contribution is 2.37. The molecule has 0 bridgehead atoms. The van der Waals surface area contributed by atoms with Gasteiger partial charge in [-0.2, -0.15) is 0 Å². The molecule has 1 atom stereocenters. The summed E-state index contributed by atoms with van der Waals surface area (Å²) in [6.07, 6.45) is 4.07. The van der Waals surface area contributed by atoms with Crippen LogP contribution in [0.1, 0.15) is 61.6 Å². The molecule has 1 aliphatic carbocycles. The predicted octanol–water partition coefficient (Wildman–Crippen LogP) is 2.78. The Bertz CT molecular complexity index is 781. The van der Waals surface area contributed by atoms with Crippen LogP contribution in [0.4, 0.5) is 0 Å². The number of nitrogens with zero attached hydrogens (tertiary/aromatic N) is 3. The van der Waals surface area contributed by atoms with Crippen molar-refractivity contribution in [1.82, 2.24) is 19.8 Å². The maximum atomic E-state index is 12.8. The second kappa shape index (κ2) is 6.25. The summed E-state index contributed by atoms with van der Waals surface area (Å²) in [5, 5.41) is 6.95. The maximum Gasteiger partial charge on any atom is 0.268 e. The van der Waals surface area contributed by atoms with Gasteiger partial charge in [-0.1, -0.05) is 4.49 Å². The Morgan fingerprint density at radius 2 is 2.12 bits per heavy atom. The van der Waals surface area contributed by atoms with Crippen molar-refractivity contribution in [2.45, 2.75) is 44.7 Å². The molecule has 2 aliphatic rings. The summed E-state index contributed by atoms with van der Waals surface area (Å²) in [6.45, 7) is 2.55. The molecule has 24 heavy (non-hydrogen) atoms. The predicted molar refractivity (Wildman–Crippen MR) is 92.5 cm³/mol. The molecule has 1 aliphatic heterocycles. The highest BCUT2D eigenvalue weighted by molar-refractivity contribution is 7.14. The van der Waals surface area contributed by atoms with E-state index in [4.69, 9.17) is 0 Å². The van der Waals surface area contributed by atoms with Crippen molar-refractivity contribution in [3.05, 3.63) is 32.5 Å². The first-order chi connectivity index (χ1) is 11.6. The molecular weight excluding hydrogens is 344 g/mol. The van der Waals surface area contributed by atoms with Gasteiger partial charge < -0.3 is 10.2 Å². The maximum absolute atomic E-state index is 12.8. The van der Waals surface area contributed by atoms with Crippen LogP contribution in [0.25, 0.3) is 0 Å². The van der Waals surface area contributed by atoms with Crippen LogP contribution in [-0.4, -0.2) is 38.9 Å². The van der Waals surface area contributed by atoms with E-state index >= 15 is 0 Å². The third-order valence-electron chi connectivity index (χ3n) is 4.45. The fourth-order valence-corrected chi connectivity index (χ4v) is 4.67. The monoisotopic (exact) mass is 362 g/mol. The fourth-order valence-electron chi connectivity index (χ4n) is 3.00. The Balaban J connectivity index is 1.52. The van der Waals surface area contributed by atoms with Gasteiger partial charge >= 0.3 is 0 Å². The number of rotatable bonds is 4. The average molecular weight is 362 g/mol. The van der Waals surface area contributed by atoms with Crippen LogP contribution in [0.2, 0.25) is 0 Å². The molecule has 0 spiro atoms. The normalized spacial score (nSPS) is 20.4. The number of hydrogen-bond donors (Lipinski definition) is 1. The second-order valence-electron chi connectivity index (χ2n) is 6.29.